The molecule has 1 saturated heterocycles. The van der Waals surface area contributed by atoms with Crippen LogP contribution in [-0.2, 0) is 19.4 Å². The number of alkyl halides is 1. The molecule has 10 heteroatoms. The summed E-state index contributed by atoms with van der Waals surface area (Å²) < 4.78 is 35.8. The van der Waals surface area contributed by atoms with Gasteiger partial charge in [0, 0.05) is 5.69 Å². The largest absolute Gasteiger partial charge is 0.346 e. The zero-order valence-corrected chi connectivity index (χ0v) is 15.2. The Morgan fingerprint density at radius 3 is 2.36 bits per heavy atom. The number of carbonyl (C=O) groups is 2. The smallest absolute Gasteiger partial charge is 0.279 e. The summed E-state index contributed by atoms with van der Waals surface area (Å²) in [5.74, 6) is -1.42. The molecule has 0 aromatic heterocycles. The van der Waals surface area contributed by atoms with Crippen LogP contribution in [0.15, 0.2) is 24.3 Å². The first kappa shape index (κ1) is 19.6. The fourth-order valence-electron chi connectivity index (χ4n) is 2.54. The molecule has 138 valence electrons. The maximum Gasteiger partial charge on any atom is 0.279 e. The van der Waals surface area contributed by atoms with Crippen molar-refractivity contribution >= 4 is 38.9 Å². The molecule has 1 heterocycles. The number of hydrogen-bond acceptors (Lipinski definition) is 4. The van der Waals surface area contributed by atoms with E-state index in [4.69, 9.17) is 11.6 Å². The molecule has 1 unspecified atom stereocenters. The summed E-state index contributed by atoms with van der Waals surface area (Å²) >= 11 is 5.94. The molecule has 1 aromatic rings. The Labute approximate surface area is 150 Å². The first-order chi connectivity index (χ1) is 11.6. The third-order valence-electron chi connectivity index (χ3n) is 3.68. The van der Waals surface area contributed by atoms with E-state index in [0.29, 0.717) is 10.6 Å². The minimum absolute atomic E-state index is 0.00298. The molecule has 2 amide bonds. The number of carbonyl (C=O) groups excluding carboxylic acids is 2. The zero-order valence-electron chi connectivity index (χ0n) is 13.6. The van der Waals surface area contributed by atoms with Crippen molar-refractivity contribution in [1.29, 1.82) is 0 Å². The predicted octanol–water partition coefficient (Wildman–Crippen LogP) is -1.20. The van der Waals surface area contributed by atoms with Crippen LogP contribution in [0.2, 0.25) is 0 Å². The predicted molar refractivity (Wildman–Crippen MR) is 91.9 cm³/mol. The van der Waals surface area contributed by atoms with Gasteiger partial charge in [-0.25, -0.2) is 12.8 Å². The number of benzene rings is 1. The van der Waals surface area contributed by atoms with Gasteiger partial charge in [0.25, 0.3) is 11.8 Å². The standard InChI is InChI=1S/C15H19ClFN3O4S/c1-20(6-14(21)18-11-4-2-10(17)3-5-11)7-15(22)19-13-9-25(23,24)8-12(13)16/h2-5,12-13H,6-9H2,1H3,(H,18,21)(H,19,22)/p+1/t12-,13+/m0/s1. The fraction of sp³-hybridized carbons (Fsp3) is 0.467. The number of halogens is 2. The van der Waals surface area contributed by atoms with Crippen LogP contribution in [-0.4, -0.2) is 63.3 Å². The molecule has 1 aromatic carbocycles. The van der Waals surface area contributed by atoms with E-state index in [1.165, 1.54) is 24.3 Å². The normalized spacial score (nSPS) is 23.0. The van der Waals surface area contributed by atoms with Crippen molar-refractivity contribution in [3.05, 3.63) is 30.1 Å². The van der Waals surface area contributed by atoms with Gasteiger partial charge in [-0.3, -0.25) is 9.59 Å². The number of anilines is 1. The Kier molecular flexibility index (Phi) is 6.36. The summed E-state index contributed by atoms with van der Waals surface area (Å²) in [7, 11) is -1.56. The van der Waals surface area contributed by atoms with Crippen LogP contribution in [0.3, 0.4) is 0 Å². The Hall–Kier alpha value is -1.71. The van der Waals surface area contributed by atoms with Crippen molar-refractivity contribution in [2.24, 2.45) is 0 Å². The van der Waals surface area contributed by atoms with Gasteiger partial charge >= 0.3 is 0 Å². The van der Waals surface area contributed by atoms with Crippen molar-refractivity contribution in [3.8, 4) is 0 Å². The molecular weight excluding hydrogens is 373 g/mol. The summed E-state index contributed by atoms with van der Waals surface area (Å²) in [6.07, 6.45) is 0. The topological polar surface area (TPSA) is 96.8 Å². The van der Waals surface area contributed by atoms with Crippen LogP contribution in [0.1, 0.15) is 0 Å². The van der Waals surface area contributed by atoms with E-state index in [9.17, 15) is 22.4 Å². The number of likely N-dealkylation sites (N-methyl/N-ethyl adjacent to an activating group) is 1. The molecule has 0 radical (unpaired) electrons. The van der Waals surface area contributed by atoms with Crippen molar-refractivity contribution in [1.82, 2.24) is 5.32 Å². The van der Waals surface area contributed by atoms with Gasteiger partial charge in [0.05, 0.1) is 30.0 Å². The lowest BCUT2D eigenvalue weighted by Crippen LogP contribution is -3.11. The second-order valence-electron chi connectivity index (χ2n) is 6.13. The lowest BCUT2D eigenvalue weighted by Gasteiger charge is -2.17. The molecule has 1 aliphatic heterocycles. The summed E-state index contributed by atoms with van der Waals surface area (Å²) in [5.41, 5.74) is 0.463. The lowest BCUT2D eigenvalue weighted by atomic mass is 10.2. The first-order valence-electron chi connectivity index (χ1n) is 7.65. The number of sulfone groups is 1. The summed E-state index contributed by atoms with van der Waals surface area (Å²) in [6, 6.07) is 4.74. The van der Waals surface area contributed by atoms with Gasteiger partial charge in [0.15, 0.2) is 22.9 Å². The Morgan fingerprint density at radius 2 is 1.80 bits per heavy atom. The second kappa shape index (κ2) is 8.11. The molecule has 1 aliphatic rings. The summed E-state index contributed by atoms with van der Waals surface area (Å²) in [5, 5.41) is 4.56. The molecule has 3 N–H and O–H groups in total. The SMILES string of the molecule is C[NH+](CC(=O)Nc1ccc(F)cc1)CC(=O)N[C@@H]1CS(=O)(=O)C[C@@H]1Cl. The number of amides is 2. The Bertz CT molecular complexity index is 742. The van der Waals surface area contributed by atoms with E-state index >= 15 is 0 Å². The number of rotatable bonds is 6. The van der Waals surface area contributed by atoms with E-state index in [0.717, 1.165) is 0 Å². The van der Waals surface area contributed by atoms with Crippen LogP contribution >= 0.6 is 11.6 Å². The van der Waals surface area contributed by atoms with Crippen molar-refractivity contribution in [2.75, 3.05) is 37.0 Å². The summed E-state index contributed by atoms with van der Waals surface area (Å²) in [4.78, 5) is 24.5. The number of nitrogens with one attached hydrogen (secondary N) is 3. The van der Waals surface area contributed by atoms with Gasteiger partial charge < -0.3 is 15.5 Å². The molecule has 0 saturated carbocycles. The van der Waals surface area contributed by atoms with E-state index in [1.807, 2.05) is 0 Å². The molecular formula is C15H20ClFN3O4S+. The monoisotopic (exact) mass is 392 g/mol. The molecule has 7 nitrogen and oxygen atoms in total. The zero-order chi connectivity index (χ0) is 18.6. The molecule has 2 rings (SSSR count). The number of hydrogen-bond donors (Lipinski definition) is 3. The van der Waals surface area contributed by atoms with Crippen LogP contribution in [0.25, 0.3) is 0 Å². The molecule has 0 bridgehead atoms. The van der Waals surface area contributed by atoms with Crippen LogP contribution in [0, 0.1) is 5.82 Å². The van der Waals surface area contributed by atoms with E-state index < -0.39 is 27.1 Å². The molecule has 3 atom stereocenters. The highest BCUT2D eigenvalue weighted by Gasteiger charge is 2.37. The quantitative estimate of drug-likeness (QED) is 0.530. The van der Waals surface area contributed by atoms with Crippen molar-refractivity contribution in [3.63, 3.8) is 0 Å². The average molecular weight is 393 g/mol. The van der Waals surface area contributed by atoms with Crippen molar-refractivity contribution < 1.29 is 27.3 Å². The first-order valence-corrected chi connectivity index (χ1v) is 9.91. The van der Waals surface area contributed by atoms with E-state index in [2.05, 4.69) is 10.6 Å². The third kappa shape index (κ3) is 6.26. The van der Waals surface area contributed by atoms with E-state index in [1.54, 1.807) is 7.05 Å². The second-order valence-corrected chi connectivity index (χ2v) is 8.85. The highest BCUT2D eigenvalue weighted by atomic mass is 35.5. The van der Waals surface area contributed by atoms with Crippen molar-refractivity contribution in [2.45, 2.75) is 11.4 Å². The highest BCUT2D eigenvalue weighted by Crippen LogP contribution is 2.17. The maximum absolute atomic E-state index is 12.8. The summed E-state index contributed by atoms with van der Waals surface area (Å²) in [6.45, 7) is 0.0229. The molecule has 0 spiro atoms. The van der Waals surface area contributed by atoms with Crippen LogP contribution < -0.4 is 15.5 Å². The minimum Gasteiger partial charge on any atom is -0.346 e. The minimum atomic E-state index is -3.22. The van der Waals surface area contributed by atoms with Gasteiger partial charge in [0.1, 0.15) is 5.82 Å². The molecule has 1 fully saturated rings. The van der Waals surface area contributed by atoms with Crippen LogP contribution in [0.4, 0.5) is 10.1 Å². The fourth-order valence-corrected chi connectivity index (χ4v) is 5.09. The van der Waals surface area contributed by atoms with Gasteiger partial charge in [0.2, 0.25) is 0 Å². The third-order valence-corrected chi connectivity index (χ3v) is 6.06. The van der Waals surface area contributed by atoms with Gasteiger partial charge in [-0.1, -0.05) is 0 Å². The maximum atomic E-state index is 12.8. The number of quaternary nitrogens is 1. The molecule has 0 aliphatic carbocycles. The molecule has 25 heavy (non-hydrogen) atoms. The highest BCUT2D eigenvalue weighted by molar-refractivity contribution is 7.91. The van der Waals surface area contributed by atoms with Gasteiger partial charge in [-0.2, -0.15) is 0 Å². The lowest BCUT2D eigenvalue weighted by molar-refractivity contribution is -0.862. The Balaban J connectivity index is 1.77. The average Bonchev–Trinajstić information content (AvgIpc) is 2.73. The van der Waals surface area contributed by atoms with Gasteiger partial charge in [-0.15, -0.1) is 11.6 Å². The Morgan fingerprint density at radius 1 is 1.20 bits per heavy atom. The van der Waals surface area contributed by atoms with Crippen LogP contribution in [0.5, 0.6) is 0 Å². The van der Waals surface area contributed by atoms with Gasteiger partial charge in [-0.05, 0) is 24.3 Å². The van der Waals surface area contributed by atoms with E-state index in [-0.39, 0.29) is 36.4 Å².